The van der Waals surface area contributed by atoms with Crippen molar-refractivity contribution in [2.75, 3.05) is 59.5 Å². The topological polar surface area (TPSA) is 176 Å². The Morgan fingerprint density at radius 3 is 0.923 bits per heavy atom. The molecule has 6 aliphatic rings. The molecule has 6 heterocycles. The Kier molecular flexibility index (Phi) is 16.9. The molecule has 6 fully saturated rings. The summed E-state index contributed by atoms with van der Waals surface area (Å²) >= 11 is 0. The monoisotopic (exact) mass is 914 g/mol. The number of hydrogen-bond donors (Lipinski definition) is 0. The molecule has 28 heteroatoms. The zero-order valence-corrected chi connectivity index (χ0v) is 42.3. The third-order valence-corrected chi connectivity index (χ3v) is 39.2. The van der Waals surface area contributed by atoms with Gasteiger partial charge in [-0.2, -0.15) is 0 Å². The van der Waals surface area contributed by atoms with Crippen molar-refractivity contribution < 1.29 is 77.8 Å². The summed E-state index contributed by atoms with van der Waals surface area (Å²) < 4.78 is 111. The summed E-state index contributed by atoms with van der Waals surface area (Å²) in [6, 6.07) is 2.56. The first-order chi connectivity index (χ1) is 24.9. The van der Waals surface area contributed by atoms with Crippen LogP contribution in [0.1, 0.15) is 19.3 Å². The first-order valence-corrected chi connectivity index (χ1v) is 37.6. The Balaban J connectivity index is 1.09. The van der Waals surface area contributed by atoms with Crippen LogP contribution in [0.5, 0.6) is 0 Å². The highest BCUT2D eigenvalue weighted by Gasteiger charge is 2.51. The lowest BCUT2D eigenvalue weighted by Crippen LogP contribution is -2.64. The van der Waals surface area contributed by atoms with Gasteiger partial charge >= 0.3 is 66.7 Å². The van der Waals surface area contributed by atoms with Gasteiger partial charge in [0.2, 0.25) is 0 Å². The van der Waals surface area contributed by atoms with Gasteiger partial charge in [-0.3, -0.25) is 0 Å². The molecule has 0 aromatic carbocycles. The molecule has 0 N–H and O–H groups in total. The van der Waals surface area contributed by atoms with Crippen LogP contribution in [0.2, 0.25) is 57.4 Å². The highest BCUT2D eigenvalue weighted by molar-refractivity contribution is 6.84. The zero-order valence-electron chi connectivity index (χ0n) is 31.2. The van der Waals surface area contributed by atoms with Gasteiger partial charge in [0, 0.05) is 19.8 Å². The Morgan fingerprint density at radius 2 is 0.673 bits per heavy atom. The van der Waals surface area contributed by atoms with E-state index in [0.717, 1.165) is 57.2 Å². The third kappa shape index (κ3) is 16.7. The van der Waals surface area contributed by atoms with Gasteiger partial charge in [0.1, 0.15) is 18.3 Å². The fourth-order valence-electron chi connectivity index (χ4n) is 5.36. The lowest BCUT2D eigenvalue weighted by molar-refractivity contribution is 0.0800. The normalized spacial score (nSPS) is 35.0. The molecule has 0 amide bonds. The molecule has 0 saturated carbocycles. The summed E-state index contributed by atoms with van der Waals surface area (Å²) in [6.45, 7) is 19.0. The molecule has 0 spiro atoms. The standard InChI is InChI=1S/C24H58O18Si10/c1-50(2,13-7-10-25-16-22-19-28-22)40-47-34-44-31-43-32-45(35-47)37-49(42-52(5,6)15-9-12-27-18-24-21-30-24)39-46(33-43)38-48(36-44)41-51(3,4)14-8-11-26-17-23-20-29-23/h22-24,43-49H,7-21H2,1-6H3/t22-,23-,24-,43?,44?,45?,46?,47?,48?,49?/m0/s1. The highest BCUT2D eigenvalue weighted by atomic mass is 28.6. The lowest BCUT2D eigenvalue weighted by Gasteiger charge is -2.42. The summed E-state index contributed by atoms with van der Waals surface area (Å²) in [7, 11) is -27.1. The van der Waals surface area contributed by atoms with Crippen LogP contribution in [-0.4, -0.2) is 169 Å². The van der Waals surface area contributed by atoms with Crippen LogP contribution in [0.25, 0.3) is 0 Å². The second-order valence-electron chi connectivity index (χ2n) is 15.3. The van der Waals surface area contributed by atoms with Crippen LogP contribution in [0.4, 0.5) is 0 Å². The second kappa shape index (κ2) is 20.4. The third-order valence-electron chi connectivity index (χ3n) is 8.57. The molecule has 0 aliphatic carbocycles. The Morgan fingerprint density at radius 1 is 0.423 bits per heavy atom. The van der Waals surface area contributed by atoms with Crippen LogP contribution in [0.15, 0.2) is 0 Å². The Labute approximate surface area is 322 Å². The highest BCUT2D eigenvalue weighted by Crippen LogP contribution is 2.27. The molecule has 6 rings (SSSR count). The maximum absolute atomic E-state index is 6.70. The average molecular weight is 916 g/mol. The van der Waals surface area contributed by atoms with Gasteiger partial charge in [-0.15, -0.1) is 0 Å². The largest absolute Gasteiger partial charge is 0.461 e. The summed E-state index contributed by atoms with van der Waals surface area (Å²) in [5.74, 6) is 0. The van der Waals surface area contributed by atoms with Crippen molar-refractivity contribution in [3.05, 3.63) is 0 Å². The van der Waals surface area contributed by atoms with Gasteiger partial charge in [0.25, 0.3) is 0 Å². The molecular weight excluding hydrogens is 857 g/mol. The zero-order chi connectivity index (χ0) is 36.6. The minimum Gasteiger partial charge on any atom is -0.419 e. The molecule has 0 radical (unpaired) electrons. The number of epoxide rings is 3. The van der Waals surface area contributed by atoms with Crippen molar-refractivity contribution in [3.8, 4) is 0 Å². The van der Waals surface area contributed by atoms with E-state index in [1.54, 1.807) is 0 Å². The van der Waals surface area contributed by atoms with E-state index in [2.05, 4.69) is 39.3 Å². The molecule has 6 saturated heterocycles. The minimum absolute atomic E-state index is 0.243. The Bertz CT molecular complexity index is 935. The second-order valence-corrected chi connectivity index (χ2v) is 44.0. The molecule has 0 aromatic heterocycles. The van der Waals surface area contributed by atoms with E-state index in [1.807, 2.05) is 0 Å². The van der Waals surface area contributed by atoms with E-state index >= 15 is 0 Å². The fraction of sp³-hybridized carbons (Fsp3) is 1.00. The molecule has 6 aliphatic heterocycles. The fourth-order valence-corrected chi connectivity index (χ4v) is 39.4. The van der Waals surface area contributed by atoms with E-state index in [0.29, 0.717) is 39.6 Å². The van der Waals surface area contributed by atoms with Crippen LogP contribution in [-0.2, 0) is 77.8 Å². The SMILES string of the molecule is C[Si](C)(CCCOC[C@H]1CO1)O[SiH]1O[SiH]2O[SiH]3O[SiH](O1)O[SiH](O[Si](C)(C)CCCOC[C@H]1CO1)O[SiH](O3)O[SiH](O[Si](C)(C)CCCOC[C@H]1CO1)O2. The summed E-state index contributed by atoms with van der Waals surface area (Å²) in [4.78, 5) is 0. The van der Waals surface area contributed by atoms with Crippen molar-refractivity contribution >= 4 is 91.6 Å². The average Bonchev–Trinajstić information content (AvgIpc) is 3.86. The van der Waals surface area contributed by atoms with Crippen LogP contribution in [0, 0.1) is 0 Å². The summed E-state index contributed by atoms with van der Waals surface area (Å²) in [6.07, 6.45) is 3.30. The van der Waals surface area contributed by atoms with Gasteiger partial charge in [0.15, 0.2) is 25.0 Å². The number of hydrogen-bond acceptors (Lipinski definition) is 18. The predicted octanol–water partition coefficient (Wildman–Crippen LogP) is -0.721. The van der Waals surface area contributed by atoms with Crippen molar-refractivity contribution in [1.29, 1.82) is 0 Å². The molecular formula is C24H58O18Si10. The predicted molar refractivity (Wildman–Crippen MR) is 205 cm³/mol. The van der Waals surface area contributed by atoms with Crippen LogP contribution < -0.4 is 0 Å². The van der Waals surface area contributed by atoms with Crippen LogP contribution >= 0.6 is 0 Å². The number of rotatable bonds is 24. The first kappa shape index (κ1) is 43.0. The van der Waals surface area contributed by atoms with E-state index < -0.39 is 91.6 Å². The van der Waals surface area contributed by atoms with Crippen molar-refractivity contribution in [2.45, 2.75) is 95.0 Å². The molecule has 0 unspecified atom stereocenters. The summed E-state index contributed by atoms with van der Waals surface area (Å²) in [5.41, 5.74) is 0. The van der Waals surface area contributed by atoms with Crippen molar-refractivity contribution in [3.63, 3.8) is 0 Å². The molecule has 3 atom stereocenters. The van der Waals surface area contributed by atoms with E-state index in [1.165, 1.54) is 0 Å². The molecule has 302 valence electrons. The van der Waals surface area contributed by atoms with Crippen molar-refractivity contribution in [2.24, 2.45) is 0 Å². The minimum atomic E-state index is -2.92. The Hall–Kier alpha value is 1.45. The van der Waals surface area contributed by atoms with E-state index in [-0.39, 0.29) is 18.3 Å². The first-order valence-electron chi connectivity index (χ1n) is 18.4. The van der Waals surface area contributed by atoms with Gasteiger partial charge in [-0.25, -0.2) is 0 Å². The number of ether oxygens (including phenoxy) is 6. The molecule has 4 bridgehead atoms. The molecule has 52 heavy (non-hydrogen) atoms. The quantitative estimate of drug-likeness (QED) is 0.0673. The van der Waals surface area contributed by atoms with Crippen LogP contribution in [0.3, 0.4) is 0 Å². The molecule has 0 aromatic rings. The van der Waals surface area contributed by atoms with E-state index in [9.17, 15) is 0 Å². The lowest BCUT2D eigenvalue weighted by atomic mass is 10.5. The maximum Gasteiger partial charge on any atom is 0.461 e. The molecule has 18 nitrogen and oxygen atoms in total. The number of fused-ring (bicyclic) bond motifs is 3. The van der Waals surface area contributed by atoms with Gasteiger partial charge < -0.3 is 77.8 Å². The summed E-state index contributed by atoms with van der Waals surface area (Å²) in [5, 5.41) is 0. The smallest absolute Gasteiger partial charge is 0.419 e. The van der Waals surface area contributed by atoms with Crippen molar-refractivity contribution in [1.82, 2.24) is 0 Å². The van der Waals surface area contributed by atoms with Gasteiger partial charge in [0.05, 0.1) is 39.6 Å². The van der Waals surface area contributed by atoms with Gasteiger partial charge in [-0.1, -0.05) is 0 Å². The van der Waals surface area contributed by atoms with E-state index in [4.69, 9.17) is 77.8 Å². The van der Waals surface area contributed by atoms with Gasteiger partial charge in [-0.05, 0) is 76.7 Å². The maximum atomic E-state index is 6.70.